The number of benzene rings is 1. The molecule has 21 heavy (non-hydrogen) atoms. The minimum absolute atomic E-state index is 0.0798. The topological polar surface area (TPSA) is 24.9 Å². The maximum absolute atomic E-state index is 14.5. The van der Waals surface area contributed by atoms with Crippen molar-refractivity contribution in [1.29, 1.82) is 0 Å². The molecule has 0 aliphatic carbocycles. The van der Waals surface area contributed by atoms with Crippen molar-refractivity contribution in [3.05, 3.63) is 33.4 Å². The second-order valence-corrected chi connectivity index (χ2v) is 6.30. The first-order valence-electron chi connectivity index (χ1n) is 7.10. The van der Waals surface area contributed by atoms with Gasteiger partial charge in [-0.3, -0.25) is 0 Å². The minimum atomic E-state index is -0.517. The first-order valence-corrected chi connectivity index (χ1v) is 7.89. The van der Waals surface area contributed by atoms with Crippen LogP contribution in [0.25, 0.3) is 10.9 Å². The van der Waals surface area contributed by atoms with Gasteiger partial charge >= 0.3 is 0 Å². The van der Waals surface area contributed by atoms with Crippen LogP contribution in [0, 0.1) is 18.6 Å². The molecule has 1 aromatic carbocycles. The highest BCUT2D eigenvalue weighted by atomic mass is 79.9. The summed E-state index contributed by atoms with van der Waals surface area (Å²) in [6.45, 7) is 8.63. The summed E-state index contributed by atoms with van der Waals surface area (Å²) < 4.78 is 28.8. The Morgan fingerprint density at radius 2 is 2.00 bits per heavy atom. The van der Waals surface area contributed by atoms with E-state index in [2.05, 4.69) is 26.2 Å². The number of nitrogens with zero attached hydrogens (tertiary/aromatic N) is 1. The van der Waals surface area contributed by atoms with Gasteiger partial charge in [0.25, 0.3) is 0 Å². The summed E-state index contributed by atoms with van der Waals surface area (Å²) in [4.78, 5) is 4.29. The van der Waals surface area contributed by atoms with Gasteiger partial charge in [-0.1, -0.05) is 20.8 Å². The number of aromatic nitrogens is 1. The Kier molecular flexibility index (Phi) is 4.81. The van der Waals surface area contributed by atoms with Crippen molar-refractivity contribution in [3.8, 4) is 0 Å². The maximum Gasteiger partial charge on any atom is 0.150 e. The van der Waals surface area contributed by atoms with E-state index < -0.39 is 11.6 Å². The SMILES string of the molecule is CCCNc1c(C(C)C)c(C)nc2c(F)cc(Br)c(F)c12. The van der Waals surface area contributed by atoms with Crippen molar-refractivity contribution in [2.75, 3.05) is 11.9 Å². The summed E-state index contributed by atoms with van der Waals surface area (Å²) in [6, 6.07) is 1.13. The van der Waals surface area contributed by atoms with Gasteiger partial charge < -0.3 is 5.32 Å². The quantitative estimate of drug-likeness (QED) is 0.728. The van der Waals surface area contributed by atoms with Gasteiger partial charge in [0.1, 0.15) is 11.3 Å². The fourth-order valence-electron chi connectivity index (χ4n) is 2.61. The largest absolute Gasteiger partial charge is 0.384 e. The van der Waals surface area contributed by atoms with Crippen LogP contribution in [-0.4, -0.2) is 11.5 Å². The van der Waals surface area contributed by atoms with Gasteiger partial charge in [-0.2, -0.15) is 0 Å². The number of pyridine rings is 1. The first-order chi connectivity index (χ1) is 9.88. The zero-order chi connectivity index (χ0) is 15.7. The lowest BCUT2D eigenvalue weighted by Gasteiger charge is -2.20. The Balaban J connectivity index is 2.91. The van der Waals surface area contributed by atoms with E-state index in [0.29, 0.717) is 12.2 Å². The van der Waals surface area contributed by atoms with Crippen LogP contribution in [0.1, 0.15) is 44.4 Å². The monoisotopic (exact) mass is 356 g/mol. The van der Waals surface area contributed by atoms with Crippen molar-refractivity contribution in [2.24, 2.45) is 0 Å². The summed E-state index contributed by atoms with van der Waals surface area (Å²) in [5.74, 6) is -0.821. The summed E-state index contributed by atoms with van der Waals surface area (Å²) in [7, 11) is 0. The predicted octanol–water partition coefficient (Wildman–Crippen LogP) is 5.53. The van der Waals surface area contributed by atoms with Crippen molar-refractivity contribution in [2.45, 2.75) is 40.0 Å². The van der Waals surface area contributed by atoms with Gasteiger partial charge in [-0.15, -0.1) is 0 Å². The molecule has 114 valence electrons. The van der Waals surface area contributed by atoms with E-state index in [1.54, 1.807) is 0 Å². The summed E-state index contributed by atoms with van der Waals surface area (Å²) >= 11 is 3.08. The molecule has 0 saturated carbocycles. The number of hydrogen-bond donors (Lipinski definition) is 1. The molecule has 0 bridgehead atoms. The molecule has 0 radical (unpaired) electrons. The third-order valence-corrected chi connectivity index (χ3v) is 4.04. The van der Waals surface area contributed by atoms with Crippen LogP contribution in [0.5, 0.6) is 0 Å². The predicted molar refractivity (Wildman–Crippen MR) is 87.0 cm³/mol. The van der Waals surface area contributed by atoms with Crippen LogP contribution >= 0.6 is 15.9 Å². The standard InChI is InChI=1S/C16H19BrF2N2/c1-5-6-20-16-12(8(2)3)9(4)21-15-11(18)7-10(17)14(19)13(15)16/h7-8H,5-6H2,1-4H3,(H,20,21). The van der Waals surface area contributed by atoms with E-state index in [4.69, 9.17) is 0 Å². The molecule has 1 heterocycles. The lowest BCUT2D eigenvalue weighted by atomic mass is 9.96. The Labute approximate surface area is 132 Å². The molecule has 0 amide bonds. The zero-order valence-electron chi connectivity index (χ0n) is 12.7. The Hall–Kier alpha value is -1.23. The third kappa shape index (κ3) is 2.89. The van der Waals surface area contributed by atoms with E-state index in [1.165, 1.54) is 0 Å². The maximum atomic E-state index is 14.5. The van der Waals surface area contributed by atoms with Gasteiger partial charge in [0.2, 0.25) is 0 Å². The molecule has 0 aliphatic heterocycles. The number of hydrogen-bond acceptors (Lipinski definition) is 2. The number of aryl methyl sites for hydroxylation is 1. The second-order valence-electron chi connectivity index (χ2n) is 5.45. The van der Waals surface area contributed by atoms with Gasteiger partial charge in [0.15, 0.2) is 5.82 Å². The molecule has 5 heteroatoms. The van der Waals surface area contributed by atoms with Crippen LogP contribution in [0.2, 0.25) is 0 Å². The minimum Gasteiger partial charge on any atom is -0.384 e. The van der Waals surface area contributed by atoms with Crippen molar-refractivity contribution >= 4 is 32.5 Å². The van der Waals surface area contributed by atoms with Crippen LogP contribution in [0.15, 0.2) is 10.5 Å². The van der Waals surface area contributed by atoms with Crippen LogP contribution < -0.4 is 5.32 Å². The second kappa shape index (κ2) is 6.26. The molecular formula is C16H19BrF2N2. The number of anilines is 1. The highest BCUT2D eigenvalue weighted by molar-refractivity contribution is 9.10. The van der Waals surface area contributed by atoms with E-state index in [9.17, 15) is 8.78 Å². The lowest BCUT2D eigenvalue weighted by Crippen LogP contribution is -2.09. The van der Waals surface area contributed by atoms with E-state index >= 15 is 0 Å². The molecule has 2 nitrogen and oxygen atoms in total. The summed E-state index contributed by atoms with van der Waals surface area (Å²) in [5.41, 5.74) is 2.41. The first kappa shape index (κ1) is 16.1. The van der Waals surface area contributed by atoms with Crippen LogP contribution in [0.3, 0.4) is 0 Å². The molecule has 0 aliphatic rings. The summed E-state index contributed by atoms with van der Waals surface area (Å²) in [5, 5.41) is 3.48. The molecule has 1 N–H and O–H groups in total. The van der Waals surface area contributed by atoms with Gasteiger partial charge in [0, 0.05) is 12.2 Å². The third-order valence-electron chi connectivity index (χ3n) is 3.46. The van der Waals surface area contributed by atoms with Crippen molar-refractivity contribution < 1.29 is 8.78 Å². The smallest absolute Gasteiger partial charge is 0.150 e. The fourth-order valence-corrected chi connectivity index (χ4v) is 3.01. The lowest BCUT2D eigenvalue weighted by molar-refractivity contribution is 0.609. The van der Waals surface area contributed by atoms with Crippen molar-refractivity contribution in [3.63, 3.8) is 0 Å². The zero-order valence-corrected chi connectivity index (χ0v) is 14.2. The molecule has 2 aromatic rings. The molecule has 0 fully saturated rings. The Morgan fingerprint density at radius 3 is 2.57 bits per heavy atom. The number of nitrogens with one attached hydrogen (secondary N) is 1. The van der Waals surface area contributed by atoms with E-state index in [0.717, 1.165) is 23.7 Å². The molecule has 1 aromatic heterocycles. The van der Waals surface area contributed by atoms with Crippen LogP contribution in [0.4, 0.5) is 14.5 Å². The molecule has 0 atom stereocenters. The molecule has 0 saturated heterocycles. The molecule has 2 rings (SSSR count). The molecule has 0 spiro atoms. The Bertz CT molecular complexity index is 684. The van der Waals surface area contributed by atoms with Crippen molar-refractivity contribution in [1.82, 2.24) is 4.98 Å². The van der Waals surface area contributed by atoms with Gasteiger partial charge in [0.05, 0.1) is 15.5 Å². The fraction of sp³-hybridized carbons (Fsp3) is 0.438. The van der Waals surface area contributed by atoms with Gasteiger partial charge in [-0.25, -0.2) is 13.8 Å². The normalized spacial score (nSPS) is 11.4. The number of halogens is 3. The number of rotatable bonds is 4. The van der Waals surface area contributed by atoms with Crippen LogP contribution in [-0.2, 0) is 0 Å². The van der Waals surface area contributed by atoms with Gasteiger partial charge in [-0.05, 0) is 46.8 Å². The highest BCUT2D eigenvalue weighted by Gasteiger charge is 2.21. The molecule has 0 unspecified atom stereocenters. The van der Waals surface area contributed by atoms with E-state index in [-0.39, 0.29) is 21.3 Å². The summed E-state index contributed by atoms with van der Waals surface area (Å²) in [6.07, 6.45) is 0.901. The average Bonchev–Trinajstić information content (AvgIpc) is 2.41. The van der Waals surface area contributed by atoms with E-state index in [1.807, 2.05) is 27.7 Å². The highest BCUT2D eigenvalue weighted by Crippen LogP contribution is 2.38. The molecular weight excluding hydrogens is 338 g/mol. The number of fused-ring (bicyclic) bond motifs is 1. The Morgan fingerprint density at radius 1 is 1.33 bits per heavy atom. The average molecular weight is 357 g/mol.